The maximum Gasteiger partial charge on any atom is 0.219 e. The van der Waals surface area contributed by atoms with Gasteiger partial charge in [0.2, 0.25) is 11.8 Å². The van der Waals surface area contributed by atoms with Crippen LogP contribution in [0.5, 0.6) is 0 Å². The molecule has 0 aliphatic carbocycles. The van der Waals surface area contributed by atoms with E-state index in [0.29, 0.717) is 12.1 Å². The molecule has 1 N–H and O–H groups in total. The third kappa shape index (κ3) is 18.9. The third-order valence-electron chi connectivity index (χ3n) is 3.85. The zero-order valence-electron chi connectivity index (χ0n) is 17.6. The second-order valence-corrected chi connectivity index (χ2v) is 5.58. The summed E-state index contributed by atoms with van der Waals surface area (Å²) < 4.78 is 5.05. The second kappa shape index (κ2) is 19.9. The SMILES string of the molecule is CCC(CC)NC(C)=O.CCC(CC)OC.CCN(CC)C(C)=O. The van der Waals surface area contributed by atoms with Crippen LogP contribution in [0, 0.1) is 0 Å². The molecule has 0 aromatic heterocycles. The van der Waals surface area contributed by atoms with Crippen LogP contribution in [-0.4, -0.2) is 49.1 Å². The molecule has 0 saturated carbocycles. The Balaban J connectivity index is -0.000000278. The van der Waals surface area contributed by atoms with Crippen molar-refractivity contribution in [2.24, 2.45) is 0 Å². The Labute approximate surface area is 150 Å². The van der Waals surface area contributed by atoms with Crippen LogP contribution >= 0.6 is 0 Å². The van der Waals surface area contributed by atoms with Crippen LogP contribution in [0.15, 0.2) is 0 Å². The fourth-order valence-corrected chi connectivity index (χ4v) is 2.07. The molecule has 0 spiro atoms. The lowest BCUT2D eigenvalue weighted by Crippen LogP contribution is -2.31. The van der Waals surface area contributed by atoms with E-state index in [1.54, 1.807) is 25.9 Å². The zero-order valence-corrected chi connectivity index (χ0v) is 17.6. The molecule has 0 unspecified atom stereocenters. The summed E-state index contributed by atoms with van der Waals surface area (Å²) >= 11 is 0. The highest BCUT2D eigenvalue weighted by atomic mass is 16.5. The van der Waals surface area contributed by atoms with Gasteiger partial charge < -0.3 is 15.0 Å². The van der Waals surface area contributed by atoms with Crippen molar-refractivity contribution in [1.82, 2.24) is 10.2 Å². The van der Waals surface area contributed by atoms with Gasteiger partial charge in [-0.2, -0.15) is 0 Å². The van der Waals surface area contributed by atoms with Crippen molar-refractivity contribution < 1.29 is 14.3 Å². The first kappa shape index (κ1) is 27.7. The molecule has 0 heterocycles. The van der Waals surface area contributed by atoms with Gasteiger partial charge in [-0.1, -0.05) is 27.7 Å². The number of hydrogen-bond acceptors (Lipinski definition) is 3. The van der Waals surface area contributed by atoms with Crippen molar-refractivity contribution in [2.75, 3.05) is 20.2 Å². The highest BCUT2D eigenvalue weighted by Gasteiger charge is 2.02. The number of nitrogens with one attached hydrogen (secondary N) is 1. The van der Waals surface area contributed by atoms with Crippen molar-refractivity contribution in [2.45, 2.75) is 93.2 Å². The smallest absolute Gasteiger partial charge is 0.219 e. The lowest BCUT2D eigenvalue weighted by molar-refractivity contribution is -0.128. The van der Waals surface area contributed by atoms with Gasteiger partial charge in [-0.3, -0.25) is 9.59 Å². The number of nitrogens with zero attached hydrogens (tertiary/aromatic N) is 1. The normalized spacial score (nSPS) is 9.62. The predicted molar refractivity (Wildman–Crippen MR) is 103 cm³/mol. The van der Waals surface area contributed by atoms with Crippen LogP contribution in [0.3, 0.4) is 0 Å². The van der Waals surface area contributed by atoms with Crippen LogP contribution in [0.4, 0.5) is 0 Å². The van der Waals surface area contributed by atoms with Crippen molar-refractivity contribution in [3.8, 4) is 0 Å². The molecule has 146 valence electrons. The van der Waals surface area contributed by atoms with E-state index in [0.717, 1.165) is 38.8 Å². The molecule has 0 aliphatic heterocycles. The summed E-state index contributed by atoms with van der Waals surface area (Å²) in [5.74, 6) is 0.235. The summed E-state index contributed by atoms with van der Waals surface area (Å²) in [6.07, 6.45) is 4.80. The molecule has 0 saturated heterocycles. The quantitative estimate of drug-likeness (QED) is 0.722. The van der Waals surface area contributed by atoms with Gasteiger partial charge in [0.15, 0.2) is 0 Å². The first-order chi connectivity index (χ1) is 11.3. The highest BCUT2D eigenvalue weighted by Crippen LogP contribution is 1.98. The molecular formula is C19H42N2O3. The summed E-state index contributed by atoms with van der Waals surface area (Å²) in [7, 11) is 1.76. The van der Waals surface area contributed by atoms with Crippen molar-refractivity contribution in [3.63, 3.8) is 0 Å². The van der Waals surface area contributed by atoms with Gasteiger partial charge in [-0.05, 0) is 39.5 Å². The molecule has 24 heavy (non-hydrogen) atoms. The molecule has 0 aliphatic rings. The van der Waals surface area contributed by atoms with E-state index in [-0.39, 0.29) is 11.8 Å². The molecule has 0 aromatic rings. The molecule has 0 aromatic carbocycles. The number of carbonyl (C=O) groups excluding carboxylic acids is 2. The summed E-state index contributed by atoms with van der Waals surface area (Å²) in [6, 6.07) is 0.377. The van der Waals surface area contributed by atoms with Crippen LogP contribution in [0.1, 0.15) is 81.1 Å². The van der Waals surface area contributed by atoms with Crippen LogP contribution < -0.4 is 5.32 Å². The van der Waals surface area contributed by atoms with Gasteiger partial charge in [0.05, 0.1) is 6.10 Å². The monoisotopic (exact) mass is 346 g/mol. The topological polar surface area (TPSA) is 58.6 Å². The Morgan fingerprint density at radius 2 is 1.29 bits per heavy atom. The van der Waals surface area contributed by atoms with E-state index in [9.17, 15) is 9.59 Å². The number of amides is 2. The molecule has 0 rings (SSSR count). The lowest BCUT2D eigenvalue weighted by Gasteiger charge is -2.14. The maximum absolute atomic E-state index is 10.5. The largest absolute Gasteiger partial charge is 0.381 e. The van der Waals surface area contributed by atoms with E-state index in [1.165, 1.54) is 0 Å². The minimum Gasteiger partial charge on any atom is -0.381 e. The minimum absolute atomic E-state index is 0.0729. The van der Waals surface area contributed by atoms with E-state index >= 15 is 0 Å². The minimum atomic E-state index is 0.0729. The number of ether oxygens (including phenoxy) is 1. The molecule has 0 fully saturated rings. The van der Waals surface area contributed by atoms with E-state index in [4.69, 9.17) is 4.74 Å². The molecular weight excluding hydrogens is 304 g/mol. The Bertz CT molecular complexity index is 279. The molecule has 5 nitrogen and oxygen atoms in total. The van der Waals surface area contributed by atoms with Crippen molar-refractivity contribution in [1.29, 1.82) is 0 Å². The summed E-state index contributed by atoms with van der Waals surface area (Å²) in [5.41, 5.74) is 0. The summed E-state index contributed by atoms with van der Waals surface area (Å²) in [6.45, 7) is 17.2. The average Bonchev–Trinajstić information content (AvgIpc) is 2.56. The number of methoxy groups -OCH3 is 1. The van der Waals surface area contributed by atoms with Gasteiger partial charge >= 0.3 is 0 Å². The standard InChI is InChI=1S/C7H15NO.C6H13NO.C6H14O/c1-4-7(5-2)8-6(3)9;1-4-7(5-2)6(3)8;1-4-6(5-2)7-3/h7H,4-5H2,1-3H3,(H,8,9);4-5H2,1-3H3;6H,4-5H2,1-3H3. The predicted octanol–water partition coefficient (Wildman–Crippen LogP) is 4.01. The van der Waals surface area contributed by atoms with E-state index in [1.807, 2.05) is 13.8 Å². The Morgan fingerprint density at radius 3 is 1.33 bits per heavy atom. The molecule has 0 atom stereocenters. The number of rotatable bonds is 8. The molecule has 5 heteroatoms. The first-order valence-electron chi connectivity index (χ1n) is 9.32. The average molecular weight is 347 g/mol. The molecule has 0 bridgehead atoms. The fraction of sp³-hybridized carbons (Fsp3) is 0.895. The third-order valence-corrected chi connectivity index (χ3v) is 3.85. The lowest BCUT2D eigenvalue weighted by atomic mass is 10.2. The van der Waals surface area contributed by atoms with Gasteiger partial charge in [0.1, 0.15) is 0 Å². The Kier molecular flexibility index (Phi) is 23.0. The fourth-order valence-electron chi connectivity index (χ4n) is 2.07. The summed E-state index contributed by atoms with van der Waals surface area (Å²) in [4.78, 5) is 22.8. The summed E-state index contributed by atoms with van der Waals surface area (Å²) in [5, 5.41) is 2.84. The molecule has 0 radical (unpaired) electrons. The Morgan fingerprint density at radius 1 is 0.875 bits per heavy atom. The maximum atomic E-state index is 10.5. The zero-order chi connectivity index (χ0) is 19.5. The first-order valence-corrected chi connectivity index (χ1v) is 9.32. The van der Waals surface area contributed by atoms with Gasteiger partial charge in [0, 0.05) is 40.1 Å². The highest BCUT2D eigenvalue weighted by molar-refractivity contribution is 5.73. The van der Waals surface area contributed by atoms with Gasteiger partial charge in [-0.15, -0.1) is 0 Å². The molecule has 2 amide bonds. The van der Waals surface area contributed by atoms with Crippen molar-refractivity contribution in [3.05, 3.63) is 0 Å². The van der Waals surface area contributed by atoms with Crippen LogP contribution in [0.25, 0.3) is 0 Å². The van der Waals surface area contributed by atoms with Crippen LogP contribution in [-0.2, 0) is 14.3 Å². The number of carbonyl (C=O) groups is 2. The van der Waals surface area contributed by atoms with E-state index < -0.39 is 0 Å². The van der Waals surface area contributed by atoms with Crippen LogP contribution in [0.2, 0.25) is 0 Å². The second-order valence-electron chi connectivity index (χ2n) is 5.58. The van der Waals surface area contributed by atoms with Gasteiger partial charge in [0.25, 0.3) is 0 Å². The Hall–Kier alpha value is -1.10. The van der Waals surface area contributed by atoms with E-state index in [2.05, 4.69) is 33.0 Å². The van der Waals surface area contributed by atoms with Gasteiger partial charge in [-0.25, -0.2) is 0 Å². The number of hydrogen-bond donors (Lipinski definition) is 1. The van der Waals surface area contributed by atoms with Crippen molar-refractivity contribution >= 4 is 11.8 Å².